The van der Waals surface area contributed by atoms with Crippen molar-refractivity contribution in [2.24, 2.45) is 0 Å². The molecular formula is C15H12F5NO2. The van der Waals surface area contributed by atoms with Gasteiger partial charge in [-0.1, -0.05) is 12.1 Å². The van der Waals surface area contributed by atoms with Crippen molar-refractivity contribution in [1.29, 1.82) is 0 Å². The van der Waals surface area contributed by atoms with Crippen molar-refractivity contribution in [2.75, 3.05) is 0 Å². The lowest BCUT2D eigenvalue weighted by atomic mass is 10.1. The summed E-state index contributed by atoms with van der Waals surface area (Å²) in [5, 5.41) is 10.4. The highest BCUT2D eigenvalue weighted by Crippen LogP contribution is 2.21. The van der Waals surface area contributed by atoms with Crippen molar-refractivity contribution in [3.8, 4) is 0 Å². The van der Waals surface area contributed by atoms with Crippen LogP contribution in [0.1, 0.15) is 16.7 Å². The Balaban J connectivity index is 0.000000231. The molecule has 0 saturated carbocycles. The van der Waals surface area contributed by atoms with E-state index in [1.807, 2.05) is 13.0 Å². The summed E-state index contributed by atoms with van der Waals surface area (Å²) in [6, 6.07) is 5.20. The molecule has 0 aliphatic carbocycles. The maximum absolute atomic E-state index is 12.4. The Labute approximate surface area is 128 Å². The zero-order chi connectivity index (χ0) is 17.9. The third-order valence-corrected chi connectivity index (χ3v) is 2.99. The Morgan fingerprint density at radius 2 is 1.26 bits per heavy atom. The van der Waals surface area contributed by atoms with Crippen LogP contribution in [0.2, 0.25) is 0 Å². The molecule has 124 valence electrons. The number of benzene rings is 2. The minimum absolute atomic E-state index is 0.199. The third-order valence-electron chi connectivity index (χ3n) is 2.99. The summed E-state index contributed by atoms with van der Waals surface area (Å²) >= 11 is 0. The van der Waals surface area contributed by atoms with E-state index in [0.717, 1.165) is 12.5 Å². The van der Waals surface area contributed by atoms with Crippen molar-refractivity contribution in [3.63, 3.8) is 0 Å². The maximum Gasteiger partial charge on any atom is 0.272 e. The second-order valence-corrected chi connectivity index (χ2v) is 4.74. The molecule has 2 aromatic carbocycles. The molecule has 0 radical (unpaired) electrons. The fourth-order valence-electron chi connectivity index (χ4n) is 1.63. The van der Waals surface area contributed by atoms with Gasteiger partial charge in [-0.15, -0.1) is 0 Å². The Kier molecular flexibility index (Phi) is 5.78. The molecule has 8 heteroatoms. The second kappa shape index (κ2) is 7.17. The molecule has 2 aromatic rings. The average molecular weight is 333 g/mol. The number of halogens is 5. The zero-order valence-electron chi connectivity index (χ0n) is 12.4. The lowest BCUT2D eigenvalue weighted by Gasteiger charge is -2.02. The van der Waals surface area contributed by atoms with Crippen LogP contribution in [0.15, 0.2) is 18.2 Å². The lowest BCUT2D eigenvalue weighted by molar-refractivity contribution is -0.385. The minimum atomic E-state index is -2.13. The van der Waals surface area contributed by atoms with E-state index in [9.17, 15) is 32.1 Å². The van der Waals surface area contributed by atoms with Crippen molar-refractivity contribution in [3.05, 3.63) is 74.1 Å². The molecule has 0 aromatic heterocycles. The topological polar surface area (TPSA) is 43.1 Å². The summed E-state index contributed by atoms with van der Waals surface area (Å²) in [5.41, 5.74) is 0.958. The monoisotopic (exact) mass is 333 g/mol. The van der Waals surface area contributed by atoms with Gasteiger partial charge in [0.05, 0.1) is 4.92 Å². The van der Waals surface area contributed by atoms with Gasteiger partial charge in [0.2, 0.25) is 5.82 Å². The van der Waals surface area contributed by atoms with E-state index in [-0.39, 0.29) is 10.6 Å². The molecule has 0 aliphatic rings. The molecule has 0 bridgehead atoms. The number of rotatable bonds is 1. The molecule has 0 amide bonds. The molecule has 0 spiro atoms. The first-order chi connectivity index (χ1) is 10.6. The number of hydrogen-bond donors (Lipinski definition) is 0. The molecule has 2 rings (SSSR count). The number of nitro groups is 1. The summed E-state index contributed by atoms with van der Waals surface area (Å²) < 4.78 is 61.6. The smallest absolute Gasteiger partial charge is 0.258 e. The van der Waals surface area contributed by atoms with Gasteiger partial charge in [-0.3, -0.25) is 10.1 Å². The van der Waals surface area contributed by atoms with Crippen LogP contribution >= 0.6 is 0 Å². The largest absolute Gasteiger partial charge is 0.272 e. The van der Waals surface area contributed by atoms with Gasteiger partial charge in [0.25, 0.3) is 5.69 Å². The van der Waals surface area contributed by atoms with E-state index in [0.29, 0.717) is 5.56 Å². The van der Waals surface area contributed by atoms with E-state index in [2.05, 4.69) is 0 Å². The van der Waals surface area contributed by atoms with Crippen LogP contribution in [0.5, 0.6) is 0 Å². The molecule has 0 N–H and O–H groups in total. The van der Waals surface area contributed by atoms with Crippen molar-refractivity contribution >= 4 is 5.69 Å². The van der Waals surface area contributed by atoms with Crippen LogP contribution in [-0.4, -0.2) is 4.92 Å². The highest BCUT2D eigenvalue weighted by Gasteiger charge is 2.22. The van der Waals surface area contributed by atoms with Gasteiger partial charge in [-0.2, -0.15) is 0 Å². The number of aryl methyl sites for hydroxylation is 2. The van der Waals surface area contributed by atoms with E-state index in [1.165, 1.54) is 0 Å². The lowest BCUT2D eigenvalue weighted by Crippen LogP contribution is -2.03. The molecular weight excluding hydrogens is 321 g/mol. The standard InChI is InChI=1S/C8H9NO2.C7H3F5/c1-6-3-4-7(2)8(5-6)9(10)11;1-2-3(8)5(10)7(12)6(11)4(2)9/h3-5H,1-2H3;1H3. The Morgan fingerprint density at radius 3 is 1.65 bits per heavy atom. The van der Waals surface area contributed by atoms with Crippen LogP contribution in [0.25, 0.3) is 0 Å². The molecule has 23 heavy (non-hydrogen) atoms. The number of hydrogen-bond acceptors (Lipinski definition) is 2. The fourth-order valence-corrected chi connectivity index (χ4v) is 1.63. The molecule has 0 atom stereocenters. The first-order valence-corrected chi connectivity index (χ1v) is 6.27. The van der Waals surface area contributed by atoms with Gasteiger partial charge in [0.15, 0.2) is 23.3 Å². The summed E-state index contributed by atoms with van der Waals surface area (Å²) in [6.45, 7) is 4.39. The van der Waals surface area contributed by atoms with Crippen LogP contribution in [0.4, 0.5) is 27.6 Å². The van der Waals surface area contributed by atoms with E-state index >= 15 is 0 Å². The van der Waals surface area contributed by atoms with Gasteiger partial charge < -0.3 is 0 Å². The van der Waals surface area contributed by atoms with E-state index in [4.69, 9.17) is 0 Å². The summed E-state index contributed by atoms with van der Waals surface area (Å²) in [5.74, 6) is -9.52. The van der Waals surface area contributed by atoms with Gasteiger partial charge >= 0.3 is 0 Å². The SMILES string of the molecule is Cc1c(F)c(F)c(F)c(F)c1F.Cc1ccc(C)c([N+](=O)[O-])c1. The average Bonchev–Trinajstić information content (AvgIpc) is 2.52. The van der Waals surface area contributed by atoms with Gasteiger partial charge in [0, 0.05) is 17.2 Å². The summed E-state index contributed by atoms with van der Waals surface area (Å²) in [4.78, 5) is 10.0. The van der Waals surface area contributed by atoms with Crippen LogP contribution in [0.3, 0.4) is 0 Å². The van der Waals surface area contributed by atoms with Gasteiger partial charge in [0.1, 0.15) is 0 Å². The van der Waals surface area contributed by atoms with Crippen LogP contribution < -0.4 is 0 Å². The maximum atomic E-state index is 12.4. The minimum Gasteiger partial charge on any atom is -0.258 e. The highest BCUT2D eigenvalue weighted by atomic mass is 19.2. The zero-order valence-corrected chi connectivity index (χ0v) is 12.4. The number of nitrogens with zero attached hydrogens (tertiary/aromatic N) is 1. The molecule has 0 aliphatic heterocycles. The van der Waals surface area contributed by atoms with Crippen molar-refractivity contribution in [1.82, 2.24) is 0 Å². The molecule has 3 nitrogen and oxygen atoms in total. The molecule has 0 saturated heterocycles. The quantitative estimate of drug-likeness (QED) is 0.245. The Morgan fingerprint density at radius 1 is 0.826 bits per heavy atom. The first-order valence-electron chi connectivity index (χ1n) is 6.27. The Bertz CT molecular complexity index is 657. The van der Waals surface area contributed by atoms with E-state index in [1.54, 1.807) is 19.1 Å². The molecule has 0 heterocycles. The van der Waals surface area contributed by atoms with Gasteiger partial charge in [-0.05, 0) is 26.3 Å². The van der Waals surface area contributed by atoms with Crippen molar-refractivity contribution < 1.29 is 26.9 Å². The van der Waals surface area contributed by atoms with Gasteiger partial charge in [-0.25, -0.2) is 22.0 Å². The normalized spacial score (nSPS) is 10.1. The van der Waals surface area contributed by atoms with E-state index < -0.39 is 34.6 Å². The number of nitro benzene ring substituents is 1. The first kappa shape index (κ1) is 18.5. The predicted molar refractivity (Wildman–Crippen MR) is 73.5 cm³/mol. The molecule has 0 fully saturated rings. The Hall–Kier alpha value is -2.51. The summed E-state index contributed by atoms with van der Waals surface area (Å²) in [7, 11) is 0. The second-order valence-electron chi connectivity index (χ2n) is 4.74. The van der Waals surface area contributed by atoms with Crippen molar-refractivity contribution in [2.45, 2.75) is 20.8 Å². The predicted octanol–water partition coefficient (Wildman–Crippen LogP) is 4.90. The fraction of sp³-hybridized carbons (Fsp3) is 0.200. The third kappa shape index (κ3) is 4.02. The highest BCUT2D eigenvalue weighted by molar-refractivity contribution is 5.41. The van der Waals surface area contributed by atoms with Crippen LogP contribution in [-0.2, 0) is 0 Å². The molecule has 0 unspecified atom stereocenters. The summed E-state index contributed by atoms with van der Waals surface area (Å²) in [6.07, 6.45) is 0. The van der Waals surface area contributed by atoms with Crippen LogP contribution in [0, 0.1) is 60.0 Å².